The van der Waals surface area contributed by atoms with E-state index in [1.807, 2.05) is 6.07 Å². The number of aliphatic hydroxyl groups is 1. The van der Waals surface area contributed by atoms with Crippen molar-refractivity contribution in [1.29, 1.82) is 0 Å². The Hall–Kier alpha value is -1.62. The van der Waals surface area contributed by atoms with Gasteiger partial charge < -0.3 is 15.2 Å². The number of alkyl carbamates (subject to hydrolysis) is 1. The SMILES string of the molecule is O=C(N[C@H]1CCC[C@@H]1O)OCc1cccnc1. The number of nitrogens with one attached hydrogen (secondary N) is 1. The first-order valence-electron chi connectivity index (χ1n) is 5.76. The van der Waals surface area contributed by atoms with Gasteiger partial charge in [-0.05, 0) is 25.3 Å². The third-order valence-corrected chi connectivity index (χ3v) is 2.88. The van der Waals surface area contributed by atoms with E-state index in [9.17, 15) is 9.90 Å². The van der Waals surface area contributed by atoms with E-state index in [0.29, 0.717) is 0 Å². The van der Waals surface area contributed by atoms with Crippen LogP contribution in [-0.2, 0) is 11.3 Å². The molecule has 0 spiro atoms. The van der Waals surface area contributed by atoms with E-state index in [0.717, 1.165) is 24.8 Å². The van der Waals surface area contributed by atoms with Crippen molar-refractivity contribution >= 4 is 6.09 Å². The maximum Gasteiger partial charge on any atom is 0.407 e. The molecule has 92 valence electrons. The highest BCUT2D eigenvalue weighted by Crippen LogP contribution is 2.18. The third kappa shape index (κ3) is 3.42. The Morgan fingerprint density at radius 2 is 2.47 bits per heavy atom. The van der Waals surface area contributed by atoms with Crippen molar-refractivity contribution in [3.05, 3.63) is 30.1 Å². The van der Waals surface area contributed by atoms with Crippen molar-refractivity contribution < 1.29 is 14.6 Å². The molecule has 0 bridgehead atoms. The fourth-order valence-corrected chi connectivity index (χ4v) is 1.93. The molecular weight excluding hydrogens is 220 g/mol. The lowest BCUT2D eigenvalue weighted by atomic mass is 10.2. The Labute approximate surface area is 99.8 Å². The van der Waals surface area contributed by atoms with Gasteiger partial charge in [0.25, 0.3) is 0 Å². The van der Waals surface area contributed by atoms with Crippen LogP contribution in [0.15, 0.2) is 24.5 Å². The van der Waals surface area contributed by atoms with Crippen molar-refractivity contribution in [2.24, 2.45) is 0 Å². The van der Waals surface area contributed by atoms with Crippen LogP contribution in [0.1, 0.15) is 24.8 Å². The first kappa shape index (κ1) is 11.9. The monoisotopic (exact) mass is 236 g/mol. The molecule has 1 amide bonds. The molecule has 0 aliphatic heterocycles. The molecule has 1 saturated carbocycles. The van der Waals surface area contributed by atoms with Gasteiger partial charge in [-0.1, -0.05) is 6.07 Å². The summed E-state index contributed by atoms with van der Waals surface area (Å²) in [5, 5.41) is 12.2. The first-order valence-corrected chi connectivity index (χ1v) is 5.76. The van der Waals surface area contributed by atoms with Crippen molar-refractivity contribution in [1.82, 2.24) is 10.3 Å². The lowest BCUT2D eigenvalue weighted by molar-refractivity contribution is 0.113. The van der Waals surface area contributed by atoms with Gasteiger partial charge in [-0.25, -0.2) is 4.79 Å². The number of rotatable bonds is 3. The molecular formula is C12H16N2O3. The van der Waals surface area contributed by atoms with Gasteiger partial charge in [0.05, 0.1) is 12.1 Å². The van der Waals surface area contributed by atoms with E-state index in [-0.39, 0.29) is 12.6 Å². The van der Waals surface area contributed by atoms with Crippen LogP contribution in [-0.4, -0.2) is 28.3 Å². The summed E-state index contributed by atoms with van der Waals surface area (Å²) in [5.41, 5.74) is 0.842. The molecule has 0 unspecified atom stereocenters. The largest absolute Gasteiger partial charge is 0.445 e. The Bertz CT molecular complexity index is 369. The molecule has 1 aliphatic carbocycles. The van der Waals surface area contributed by atoms with Gasteiger partial charge in [-0.3, -0.25) is 4.98 Å². The van der Waals surface area contributed by atoms with E-state index in [1.54, 1.807) is 18.5 Å². The minimum Gasteiger partial charge on any atom is -0.445 e. The fraction of sp³-hybridized carbons (Fsp3) is 0.500. The summed E-state index contributed by atoms with van der Waals surface area (Å²) in [7, 11) is 0. The van der Waals surface area contributed by atoms with E-state index in [4.69, 9.17) is 4.74 Å². The predicted molar refractivity (Wildman–Crippen MR) is 61.2 cm³/mol. The van der Waals surface area contributed by atoms with Crippen LogP contribution in [0.25, 0.3) is 0 Å². The number of carbonyl (C=O) groups is 1. The zero-order valence-corrected chi connectivity index (χ0v) is 9.50. The number of hydrogen-bond donors (Lipinski definition) is 2. The second-order valence-corrected chi connectivity index (χ2v) is 4.19. The summed E-state index contributed by atoms with van der Waals surface area (Å²) in [6.07, 6.45) is 4.88. The van der Waals surface area contributed by atoms with Gasteiger partial charge in [0.2, 0.25) is 0 Å². The Morgan fingerprint density at radius 1 is 1.59 bits per heavy atom. The minimum absolute atomic E-state index is 0.170. The van der Waals surface area contributed by atoms with E-state index in [1.165, 1.54) is 0 Å². The fourth-order valence-electron chi connectivity index (χ4n) is 1.93. The summed E-state index contributed by atoms with van der Waals surface area (Å²) < 4.78 is 5.04. The van der Waals surface area contributed by atoms with Crippen molar-refractivity contribution in [3.63, 3.8) is 0 Å². The summed E-state index contributed by atoms with van der Waals surface area (Å²) >= 11 is 0. The molecule has 1 aliphatic rings. The molecule has 2 rings (SSSR count). The quantitative estimate of drug-likeness (QED) is 0.827. The number of aliphatic hydroxyl groups excluding tert-OH is 1. The molecule has 1 heterocycles. The maximum atomic E-state index is 11.5. The second-order valence-electron chi connectivity index (χ2n) is 4.19. The van der Waals surface area contributed by atoms with Crippen LogP contribution in [0.5, 0.6) is 0 Å². The lowest BCUT2D eigenvalue weighted by Gasteiger charge is -2.16. The van der Waals surface area contributed by atoms with Gasteiger partial charge in [-0.15, -0.1) is 0 Å². The summed E-state index contributed by atoms with van der Waals surface area (Å²) in [6, 6.07) is 3.46. The van der Waals surface area contributed by atoms with E-state index >= 15 is 0 Å². The zero-order valence-electron chi connectivity index (χ0n) is 9.50. The topological polar surface area (TPSA) is 71.5 Å². The number of carbonyl (C=O) groups excluding carboxylic acids is 1. The van der Waals surface area contributed by atoms with Crippen LogP contribution < -0.4 is 5.32 Å². The van der Waals surface area contributed by atoms with Crippen LogP contribution in [0.3, 0.4) is 0 Å². The second kappa shape index (κ2) is 5.63. The number of pyridine rings is 1. The van der Waals surface area contributed by atoms with Crippen LogP contribution >= 0.6 is 0 Å². The molecule has 0 saturated heterocycles. The number of amides is 1. The maximum absolute atomic E-state index is 11.5. The number of nitrogens with zero attached hydrogens (tertiary/aromatic N) is 1. The molecule has 5 heteroatoms. The molecule has 0 radical (unpaired) electrons. The van der Waals surface area contributed by atoms with E-state index in [2.05, 4.69) is 10.3 Å². The Balaban J connectivity index is 1.74. The van der Waals surface area contributed by atoms with Crippen molar-refractivity contribution in [3.8, 4) is 0 Å². The van der Waals surface area contributed by atoms with Gasteiger partial charge in [0, 0.05) is 18.0 Å². The molecule has 17 heavy (non-hydrogen) atoms. The number of ether oxygens (including phenoxy) is 1. The van der Waals surface area contributed by atoms with Crippen LogP contribution in [0.4, 0.5) is 4.79 Å². The summed E-state index contributed by atoms with van der Waals surface area (Å²) in [6.45, 7) is 0.197. The minimum atomic E-state index is -0.486. The summed E-state index contributed by atoms with van der Waals surface area (Å²) in [5.74, 6) is 0. The highest BCUT2D eigenvalue weighted by Gasteiger charge is 2.26. The van der Waals surface area contributed by atoms with Gasteiger partial charge >= 0.3 is 6.09 Å². The molecule has 2 N–H and O–H groups in total. The van der Waals surface area contributed by atoms with Gasteiger partial charge in [-0.2, -0.15) is 0 Å². The highest BCUT2D eigenvalue weighted by molar-refractivity contribution is 5.67. The van der Waals surface area contributed by atoms with Crippen LogP contribution in [0, 0.1) is 0 Å². The normalized spacial score (nSPS) is 23.4. The molecule has 5 nitrogen and oxygen atoms in total. The highest BCUT2D eigenvalue weighted by atomic mass is 16.5. The molecule has 1 aromatic rings. The number of hydrogen-bond acceptors (Lipinski definition) is 4. The smallest absolute Gasteiger partial charge is 0.407 e. The average Bonchev–Trinajstić information content (AvgIpc) is 2.74. The first-order chi connectivity index (χ1) is 8.25. The average molecular weight is 236 g/mol. The van der Waals surface area contributed by atoms with E-state index < -0.39 is 12.2 Å². The molecule has 1 aromatic heterocycles. The Kier molecular flexibility index (Phi) is 3.93. The van der Waals surface area contributed by atoms with Crippen molar-refractivity contribution in [2.75, 3.05) is 0 Å². The summed E-state index contributed by atoms with van der Waals surface area (Å²) in [4.78, 5) is 15.4. The molecule has 0 aromatic carbocycles. The van der Waals surface area contributed by atoms with Gasteiger partial charge in [0.15, 0.2) is 0 Å². The Morgan fingerprint density at radius 3 is 3.12 bits per heavy atom. The zero-order chi connectivity index (χ0) is 12.1. The van der Waals surface area contributed by atoms with Gasteiger partial charge in [0.1, 0.15) is 6.61 Å². The third-order valence-electron chi connectivity index (χ3n) is 2.88. The number of aromatic nitrogens is 1. The standard InChI is InChI=1S/C12H16N2O3/c15-11-5-1-4-10(11)14-12(16)17-8-9-3-2-6-13-7-9/h2-3,6-7,10-11,15H,1,4-5,8H2,(H,14,16)/t10-,11-/m0/s1. The predicted octanol–water partition coefficient (Wildman–Crippen LogP) is 1.22. The van der Waals surface area contributed by atoms with Crippen molar-refractivity contribution in [2.45, 2.75) is 38.0 Å². The van der Waals surface area contributed by atoms with Crippen LogP contribution in [0.2, 0.25) is 0 Å². The lowest BCUT2D eigenvalue weighted by Crippen LogP contribution is -2.40. The molecule has 1 fully saturated rings. The molecule has 2 atom stereocenters.